The van der Waals surface area contributed by atoms with Crippen molar-refractivity contribution in [1.82, 2.24) is 0 Å². The van der Waals surface area contributed by atoms with E-state index in [1.165, 1.54) is 56.9 Å². The van der Waals surface area contributed by atoms with Crippen LogP contribution in [0.25, 0.3) is 0 Å². The van der Waals surface area contributed by atoms with Crippen molar-refractivity contribution >= 4 is 0 Å². The standard InChI is InChI=1S/C28H55NO2/c1-22(2)14-12-16-23(3)15-10-11-20-31-28(9)25(5)27(28,8)19-13-17-24(4)18-21-30-26(6,7)29/h14,23-25H,10-13,15-21,29H2,1-9H3. The minimum Gasteiger partial charge on any atom is -0.374 e. The molecular weight excluding hydrogens is 382 g/mol. The first-order valence-electron chi connectivity index (χ1n) is 13.0. The fraction of sp³-hybridized carbons (Fsp3) is 0.929. The van der Waals surface area contributed by atoms with Crippen LogP contribution in [0.5, 0.6) is 0 Å². The summed E-state index contributed by atoms with van der Waals surface area (Å²) in [7, 11) is 0. The largest absolute Gasteiger partial charge is 0.374 e. The molecule has 3 heteroatoms. The van der Waals surface area contributed by atoms with E-state index in [9.17, 15) is 0 Å². The summed E-state index contributed by atoms with van der Waals surface area (Å²) >= 11 is 0. The van der Waals surface area contributed by atoms with Gasteiger partial charge >= 0.3 is 0 Å². The lowest BCUT2D eigenvalue weighted by Gasteiger charge is -2.22. The van der Waals surface area contributed by atoms with Gasteiger partial charge in [0.1, 0.15) is 5.72 Å². The van der Waals surface area contributed by atoms with E-state index in [0.717, 1.165) is 25.6 Å². The van der Waals surface area contributed by atoms with Crippen LogP contribution in [0.3, 0.4) is 0 Å². The van der Waals surface area contributed by atoms with Crippen molar-refractivity contribution in [2.75, 3.05) is 13.2 Å². The smallest absolute Gasteiger partial charge is 0.111 e. The van der Waals surface area contributed by atoms with Crippen LogP contribution >= 0.6 is 0 Å². The van der Waals surface area contributed by atoms with E-state index >= 15 is 0 Å². The second-order valence-corrected chi connectivity index (χ2v) is 11.8. The molecule has 0 aromatic rings. The van der Waals surface area contributed by atoms with Gasteiger partial charge in [0.15, 0.2) is 0 Å². The molecule has 1 fully saturated rings. The first-order valence-corrected chi connectivity index (χ1v) is 13.0. The van der Waals surface area contributed by atoms with Gasteiger partial charge in [0.2, 0.25) is 0 Å². The molecule has 5 atom stereocenters. The molecule has 31 heavy (non-hydrogen) atoms. The molecule has 2 N–H and O–H groups in total. The summed E-state index contributed by atoms with van der Waals surface area (Å²) in [5.74, 6) is 2.16. The van der Waals surface area contributed by atoms with E-state index in [4.69, 9.17) is 15.2 Å². The molecule has 0 aromatic carbocycles. The van der Waals surface area contributed by atoms with Gasteiger partial charge in [-0.2, -0.15) is 0 Å². The number of rotatable bonds is 17. The Labute approximate surface area is 194 Å². The van der Waals surface area contributed by atoms with E-state index in [0.29, 0.717) is 17.3 Å². The number of hydrogen-bond acceptors (Lipinski definition) is 3. The Morgan fingerprint density at radius 3 is 2.19 bits per heavy atom. The van der Waals surface area contributed by atoms with Crippen LogP contribution < -0.4 is 5.73 Å². The average Bonchev–Trinajstić information content (AvgIpc) is 3.05. The molecule has 0 aliphatic heterocycles. The van der Waals surface area contributed by atoms with Crippen molar-refractivity contribution in [3.63, 3.8) is 0 Å². The van der Waals surface area contributed by atoms with E-state index < -0.39 is 5.72 Å². The Bertz CT molecular complexity index is 534. The lowest BCUT2D eigenvalue weighted by Crippen LogP contribution is -2.35. The average molecular weight is 438 g/mol. The van der Waals surface area contributed by atoms with Gasteiger partial charge in [0.25, 0.3) is 0 Å². The van der Waals surface area contributed by atoms with Crippen molar-refractivity contribution in [2.45, 2.75) is 131 Å². The summed E-state index contributed by atoms with van der Waals surface area (Å²) in [6, 6.07) is 0. The first-order chi connectivity index (χ1) is 14.3. The normalized spacial score (nSPS) is 27.7. The van der Waals surface area contributed by atoms with Gasteiger partial charge in [-0.3, -0.25) is 0 Å². The van der Waals surface area contributed by atoms with Crippen molar-refractivity contribution in [2.24, 2.45) is 28.9 Å². The number of nitrogens with two attached hydrogens (primary N) is 1. The summed E-state index contributed by atoms with van der Waals surface area (Å²) in [5.41, 5.74) is 7.22. The van der Waals surface area contributed by atoms with Crippen LogP contribution in [0.2, 0.25) is 0 Å². The zero-order valence-electron chi connectivity index (χ0n) is 22.5. The summed E-state index contributed by atoms with van der Waals surface area (Å²) in [6.45, 7) is 21.8. The highest BCUT2D eigenvalue weighted by Gasteiger charge is 2.68. The molecule has 0 spiro atoms. The topological polar surface area (TPSA) is 44.5 Å². The molecule has 0 amide bonds. The van der Waals surface area contributed by atoms with E-state index in [1.54, 1.807) is 0 Å². The molecule has 5 unspecified atom stereocenters. The highest BCUT2D eigenvalue weighted by atomic mass is 16.5. The zero-order chi connectivity index (χ0) is 23.7. The Morgan fingerprint density at radius 2 is 1.58 bits per heavy atom. The molecule has 1 rings (SSSR count). The molecule has 0 aromatic heterocycles. The molecular formula is C28H55NO2. The van der Waals surface area contributed by atoms with Gasteiger partial charge < -0.3 is 15.2 Å². The highest BCUT2D eigenvalue weighted by Crippen LogP contribution is 2.66. The number of hydrogen-bond donors (Lipinski definition) is 1. The zero-order valence-corrected chi connectivity index (χ0v) is 22.5. The maximum atomic E-state index is 6.48. The molecule has 1 saturated carbocycles. The minimum atomic E-state index is -0.515. The van der Waals surface area contributed by atoms with Crippen molar-refractivity contribution < 1.29 is 9.47 Å². The molecule has 1 aliphatic rings. The van der Waals surface area contributed by atoms with E-state index in [2.05, 4.69) is 54.5 Å². The Hall–Kier alpha value is -0.380. The minimum absolute atomic E-state index is 0.0674. The number of allylic oxidation sites excluding steroid dienone is 2. The molecule has 184 valence electrons. The van der Waals surface area contributed by atoms with Gasteiger partial charge in [0.05, 0.1) is 5.60 Å². The highest BCUT2D eigenvalue weighted by molar-refractivity contribution is 5.18. The van der Waals surface area contributed by atoms with Gasteiger partial charge in [-0.15, -0.1) is 0 Å². The predicted molar refractivity (Wildman–Crippen MR) is 135 cm³/mol. The van der Waals surface area contributed by atoms with Crippen LogP contribution in [0.4, 0.5) is 0 Å². The Balaban J connectivity index is 2.20. The third kappa shape index (κ3) is 9.96. The summed E-state index contributed by atoms with van der Waals surface area (Å²) in [4.78, 5) is 0. The van der Waals surface area contributed by atoms with Gasteiger partial charge in [0, 0.05) is 18.6 Å². The van der Waals surface area contributed by atoms with Gasteiger partial charge in [-0.25, -0.2) is 0 Å². The Morgan fingerprint density at radius 1 is 0.968 bits per heavy atom. The molecule has 3 nitrogen and oxygen atoms in total. The Kier molecular flexibility index (Phi) is 11.8. The van der Waals surface area contributed by atoms with Crippen molar-refractivity contribution in [3.05, 3.63) is 11.6 Å². The first kappa shape index (κ1) is 28.7. The third-order valence-corrected chi connectivity index (χ3v) is 8.02. The molecule has 1 aliphatic carbocycles. The molecule has 0 bridgehead atoms. The predicted octanol–water partition coefficient (Wildman–Crippen LogP) is 7.88. The van der Waals surface area contributed by atoms with Crippen LogP contribution in [-0.2, 0) is 9.47 Å². The van der Waals surface area contributed by atoms with Crippen LogP contribution in [0.15, 0.2) is 11.6 Å². The molecule has 0 saturated heterocycles. The molecule has 0 heterocycles. The van der Waals surface area contributed by atoms with Crippen LogP contribution in [0.1, 0.15) is 120 Å². The number of ether oxygens (including phenoxy) is 2. The van der Waals surface area contributed by atoms with Crippen LogP contribution in [0, 0.1) is 23.2 Å². The van der Waals surface area contributed by atoms with Gasteiger partial charge in [-0.05, 0) is 84.5 Å². The number of unbranched alkanes of at least 4 members (excludes halogenated alkanes) is 1. The van der Waals surface area contributed by atoms with Gasteiger partial charge in [-0.1, -0.05) is 65.0 Å². The SMILES string of the molecule is CC(C)=CCCC(C)CCCCOC1(C)C(C)C1(C)CCCC(C)CCOC(C)(C)N. The summed E-state index contributed by atoms with van der Waals surface area (Å²) in [6.07, 6.45) is 13.6. The maximum Gasteiger partial charge on any atom is 0.111 e. The second-order valence-electron chi connectivity index (χ2n) is 11.8. The maximum absolute atomic E-state index is 6.48. The lowest BCUT2D eigenvalue weighted by atomic mass is 9.92. The monoisotopic (exact) mass is 437 g/mol. The van der Waals surface area contributed by atoms with Crippen LogP contribution in [-0.4, -0.2) is 24.5 Å². The fourth-order valence-corrected chi connectivity index (χ4v) is 5.02. The third-order valence-electron chi connectivity index (χ3n) is 8.02. The quantitative estimate of drug-likeness (QED) is 0.143. The summed E-state index contributed by atoms with van der Waals surface area (Å²) < 4.78 is 12.2. The fourth-order valence-electron chi connectivity index (χ4n) is 5.02. The van der Waals surface area contributed by atoms with Crippen molar-refractivity contribution in [3.8, 4) is 0 Å². The van der Waals surface area contributed by atoms with Crippen molar-refractivity contribution in [1.29, 1.82) is 0 Å². The van der Waals surface area contributed by atoms with E-state index in [1.807, 2.05) is 13.8 Å². The lowest BCUT2D eigenvalue weighted by molar-refractivity contribution is -0.0184. The summed E-state index contributed by atoms with van der Waals surface area (Å²) in [5, 5.41) is 0. The second kappa shape index (κ2) is 12.8. The molecule has 0 radical (unpaired) electrons. The van der Waals surface area contributed by atoms with E-state index in [-0.39, 0.29) is 5.60 Å².